The molecule has 4 N–H and O–H groups in total. The molecule has 2 aromatic carbocycles. The van der Waals surface area contributed by atoms with Gasteiger partial charge >= 0.3 is 23.9 Å². The average molecular weight is 1100 g/mol. The van der Waals surface area contributed by atoms with Crippen LogP contribution < -0.4 is 18.9 Å². The Labute approximate surface area is 458 Å². The van der Waals surface area contributed by atoms with Gasteiger partial charge in [-0.2, -0.15) is 0 Å². The summed E-state index contributed by atoms with van der Waals surface area (Å²) in [5.41, 5.74) is -5.74. The first-order chi connectivity index (χ1) is 37.4. The van der Waals surface area contributed by atoms with Crippen molar-refractivity contribution in [1.82, 2.24) is 9.80 Å². The molecule has 10 unspecified atom stereocenters. The first-order valence-corrected chi connectivity index (χ1v) is 27.3. The van der Waals surface area contributed by atoms with E-state index in [1.165, 1.54) is 7.11 Å². The summed E-state index contributed by atoms with van der Waals surface area (Å²) in [6.45, 7) is 7.14. The number of fused-ring (bicyclic) bond motifs is 6. The molecule has 21 nitrogen and oxygen atoms in total. The van der Waals surface area contributed by atoms with Crippen LogP contribution in [-0.4, -0.2) is 167 Å². The van der Waals surface area contributed by atoms with Gasteiger partial charge in [0.05, 0.1) is 74.4 Å². The Morgan fingerprint density at radius 1 is 0.709 bits per heavy atom. The number of aliphatic hydroxyl groups is 4. The fraction of sp³-hybridized carbons (Fsp3) is 0.638. The van der Waals surface area contributed by atoms with Crippen molar-refractivity contribution in [3.63, 3.8) is 0 Å². The Hall–Kier alpha value is -5.97. The maximum atomic E-state index is 16.0. The SMILES string of the molecule is COC(=O)CC(O)(CCCC(C)(C)O)C(=O)OC1=CC23C(C1)c1cc4c(cc1CCN2C(=O)C(C1CCC25C=C(OC)C(OC(=O)C(O)(CCCC(C)(C)O)CC(=O)OC)C2c2cc6c(cc2CCN15)OCO6)C3OC)OCO4. The predicted molar refractivity (Wildman–Crippen MR) is 276 cm³/mol. The standard InChI is InChI=1S/C58H74N2O19/c1-53(2,66)14-9-16-56(68,28-44(61)71-6)51(64)78-34-23-37-35-24-41-39(74-30-76-41)21-32(35)13-20-60-50(63)46(49(73-8)58(37,60)26-34)38-11-18-55-27-43(70-5)48(79-52(65)57(69,29-45(62)72-7)17-10-15-54(3,4)67)47(55)36-25-42-40(75-31-77-42)22-33(36)12-19-59(38)55/h21-22,24-27,37-38,46-49,66-69H,9-20,23,28-31H2,1-8H3. The van der Waals surface area contributed by atoms with Crippen LogP contribution in [-0.2, 0) is 65.2 Å². The first kappa shape index (κ1) is 56.3. The molecule has 2 fully saturated rings. The lowest BCUT2D eigenvalue weighted by atomic mass is 9.74. The molecular formula is C58H74N2O19. The Balaban J connectivity index is 1.04. The van der Waals surface area contributed by atoms with Crippen molar-refractivity contribution < 1.29 is 91.8 Å². The number of carbonyl (C=O) groups excluding carboxylic acids is 5. The topological polar surface area (TPSA) is 265 Å². The smallest absolute Gasteiger partial charge is 0.343 e. The summed E-state index contributed by atoms with van der Waals surface area (Å²) in [7, 11) is 5.37. The van der Waals surface area contributed by atoms with Gasteiger partial charge in [0, 0.05) is 38.6 Å². The number of benzene rings is 2. The number of amides is 1. The van der Waals surface area contributed by atoms with Crippen LogP contribution in [0.2, 0.25) is 0 Å². The second-order valence-corrected chi connectivity index (χ2v) is 23.9. The Kier molecular flexibility index (Phi) is 14.9. The van der Waals surface area contributed by atoms with Gasteiger partial charge in [-0.05, 0) is 151 Å². The predicted octanol–water partition coefficient (Wildman–Crippen LogP) is 4.30. The molecule has 0 saturated carbocycles. The molecule has 0 aromatic heterocycles. The van der Waals surface area contributed by atoms with Gasteiger partial charge in [0.15, 0.2) is 40.3 Å². The van der Waals surface area contributed by atoms with Crippen molar-refractivity contribution >= 4 is 29.8 Å². The Morgan fingerprint density at radius 2 is 1.25 bits per heavy atom. The molecule has 79 heavy (non-hydrogen) atoms. The van der Waals surface area contributed by atoms with Crippen LogP contribution in [0, 0.1) is 5.92 Å². The van der Waals surface area contributed by atoms with E-state index in [0.717, 1.165) is 36.5 Å². The molecule has 1 amide bonds. The molecule has 6 heterocycles. The summed E-state index contributed by atoms with van der Waals surface area (Å²) in [4.78, 5) is 74.9. The molecule has 430 valence electrons. The van der Waals surface area contributed by atoms with Crippen LogP contribution in [0.15, 0.2) is 47.9 Å². The number of hydrogen-bond acceptors (Lipinski definition) is 20. The van der Waals surface area contributed by atoms with Crippen molar-refractivity contribution in [2.45, 2.75) is 175 Å². The van der Waals surface area contributed by atoms with Crippen LogP contribution in [0.3, 0.4) is 0 Å². The molecule has 10 atom stereocenters. The minimum Gasteiger partial charge on any atom is -0.497 e. The Morgan fingerprint density at radius 3 is 1.81 bits per heavy atom. The highest BCUT2D eigenvalue weighted by Gasteiger charge is 2.70. The first-order valence-electron chi connectivity index (χ1n) is 27.3. The summed E-state index contributed by atoms with van der Waals surface area (Å²) in [6.07, 6.45) is 2.58. The van der Waals surface area contributed by atoms with E-state index in [9.17, 15) is 39.6 Å². The van der Waals surface area contributed by atoms with Crippen molar-refractivity contribution in [3.8, 4) is 23.0 Å². The molecule has 2 aromatic rings. The van der Waals surface area contributed by atoms with Gasteiger partial charge in [-0.3, -0.25) is 19.3 Å². The van der Waals surface area contributed by atoms with Gasteiger partial charge in [0.1, 0.15) is 11.5 Å². The highest BCUT2D eigenvalue weighted by molar-refractivity contribution is 5.88. The minimum atomic E-state index is -2.34. The monoisotopic (exact) mass is 1100 g/mol. The van der Waals surface area contributed by atoms with Crippen LogP contribution in [0.5, 0.6) is 23.0 Å². The third-order valence-electron chi connectivity index (χ3n) is 17.9. The number of methoxy groups -OCH3 is 4. The van der Waals surface area contributed by atoms with Crippen molar-refractivity contribution in [2.24, 2.45) is 5.92 Å². The van der Waals surface area contributed by atoms with E-state index >= 15 is 4.79 Å². The summed E-state index contributed by atoms with van der Waals surface area (Å²) in [5, 5.41) is 45.1. The van der Waals surface area contributed by atoms with Crippen LogP contribution in [0.25, 0.3) is 0 Å². The molecule has 8 aliphatic rings. The van der Waals surface area contributed by atoms with Gasteiger partial charge in [0.25, 0.3) is 0 Å². The fourth-order valence-electron chi connectivity index (χ4n) is 14.2. The number of hydrogen-bond donors (Lipinski definition) is 4. The van der Waals surface area contributed by atoms with E-state index in [4.69, 9.17) is 47.4 Å². The lowest BCUT2D eigenvalue weighted by Gasteiger charge is -2.44. The largest absolute Gasteiger partial charge is 0.497 e. The highest BCUT2D eigenvalue weighted by atomic mass is 16.7. The molecule has 6 aliphatic heterocycles. The zero-order chi connectivity index (χ0) is 56.6. The van der Waals surface area contributed by atoms with Gasteiger partial charge < -0.3 is 72.7 Å². The second kappa shape index (κ2) is 20.8. The fourth-order valence-corrected chi connectivity index (χ4v) is 14.2. The van der Waals surface area contributed by atoms with Crippen LogP contribution in [0.1, 0.15) is 132 Å². The van der Waals surface area contributed by atoms with E-state index in [2.05, 4.69) is 4.90 Å². The lowest BCUT2D eigenvalue weighted by molar-refractivity contribution is -0.178. The quantitative estimate of drug-likeness (QED) is 0.113. The van der Waals surface area contributed by atoms with E-state index < -0.39 is 106 Å². The summed E-state index contributed by atoms with van der Waals surface area (Å²) in [6, 6.07) is 7.16. The number of rotatable bonds is 19. The summed E-state index contributed by atoms with van der Waals surface area (Å²) < 4.78 is 59.0. The normalized spacial score (nSPS) is 28.8. The molecule has 0 radical (unpaired) electrons. The third-order valence-corrected chi connectivity index (χ3v) is 17.9. The van der Waals surface area contributed by atoms with E-state index in [1.807, 2.05) is 35.2 Å². The number of ether oxygens (including phenoxy) is 10. The van der Waals surface area contributed by atoms with Gasteiger partial charge in [0.2, 0.25) is 19.5 Å². The molecule has 21 heteroatoms. The number of allylic oxidation sites excluding steroid dienone is 1. The second-order valence-electron chi connectivity index (χ2n) is 23.9. The molecule has 2 spiro atoms. The maximum Gasteiger partial charge on any atom is 0.343 e. The third kappa shape index (κ3) is 9.99. The Bertz CT molecular complexity index is 2830. The van der Waals surface area contributed by atoms with E-state index in [0.29, 0.717) is 61.0 Å². The molecular weight excluding hydrogens is 1030 g/mol. The maximum absolute atomic E-state index is 16.0. The molecule has 10 rings (SSSR count). The number of carbonyl (C=O) groups is 5. The number of nitrogens with zero attached hydrogens (tertiary/aromatic N) is 2. The molecule has 2 aliphatic carbocycles. The van der Waals surface area contributed by atoms with Crippen molar-refractivity contribution in [3.05, 3.63) is 70.2 Å². The van der Waals surface area contributed by atoms with Crippen molar-refractivity contribution in [2.75, 3.05) is 55.1 Å². The zero-order valence-corrected chi connectivity index (χ0v) is 46.3. The minimum absolute atomic E-state index is 0.00939. The lowest BCUT2D eigenvalue weighted by Crippen LogP contribution is -2.56. The zero-order valence-electron chi connectivity index (χ0n) is 46.3. The van der Waals surface area contributed by atoms with Gasteiger partial charge in [-0.15, -0.1) is 0 Å². The van der Waals surface area contributed by atoms with E-state index in [1.54, 1.807) is 40.9 Å². The highest BCUT2D eigenvalue weighted by Crippen LogP contribution is 2.62. The molecule has 0 bridgehead atoms. The van der Waals surface area contributed by atoms with E-state index in [-0.39, 0.29) is 76.7 Å². The average Bonchev–Trinajstić information content (AvgIpc) is 3.30. The van der Waals surface area contributed by atoms with Crippen LogP contribution >= 0.6 is 0 Å². The summed E-state index contributed by atoms with van der Waals surface area (Å²) >= 11 is 0. The summed E-state index contributed by atoms with van der Waals surface area (Å²) in [5.74, 6) is -3.54. The van der Waals surface area contributed by atoms with Gasteiger partial charge in [-0.25, -0.2) is 9.59 Å². The van der Waals surface area contributed by atoms with Crippen LogP contribution in [0.4, 0.5) is 0 Å². The number of esters is 4. The van der Waals surface area contributed by atoms with Crippen molar-refractivity contribution in [1.29, 1.82) is 0 Å². The van der Waals surface area contributed by atoms with Gasteiger partial charge in [-0.1, -0.05) is 0 Å². The molecule has 2 saturated heterocycles.